The van der Waals surface area contributed by atoms with Crippen LogP contribution in [0.5, 0.6) is 0 Å². The summed E-state index contributed by atoms with van der Waals surface area (Å²) in [6, 6.07) is 3.42. The van der Waals surface area contributed by atoms with Crippen molar-refractivity contribution in [2.75, 3.05) is 18.5 Å². The van der Waals surface area contributed by atoms with Crippen LogP contribution in [0.25, 0.3) is 0 Å². The maximum atomic E-state index is 12.8. The second-order valence-corrected chi connectivity index (χ2v) is 4.02. The van der Waals surface area contributed by atoms with Crippen LogP contribution in [-0.2, 0) is 12.1 Å². The van der Waals surface area contributed by atoms with Crippen LogP contribution in [0, 0.1) is 0 Å². The highest BCUT2D eigenvalue weighted by Crippen LogP contribution is 2.37. The highest BCUT2D eigenvalue weighted by Gasteiger charge is 2.34. The summed E-state index contributed by atoms with van der Waals surface area (Å²) < 4.78 is 62.8. The lowest BCUT2D eigenvalue weighted by molar-refractivity contribution is -0.137. The molecular formula is C11H11ClF5N. The van der Waals surface area contributed by atoms with E-state index in [1.807, 2.05) is 0 Å². The molecule has 0 saturated heterocycles. The molecule has 7 heteroatoms. The van der Waals surface area contributed by atoms with Crippen LogP contribution < -0.4 is 4.90 Å². The standard InChI is InChI=1S/C11H11ClF5N/c1-18(6-10(13)14)9-3-2-7(5-12)4-8(9)11(15,16)17/h2-4,10H,5-6H2,1H3. The van der Waals surface area contributed by atoms with Gasteiger partial charge in [0.2, 0.25) is 0 Å². The number of hydrogen-bond acceptors (Lipinski definition) is 1. The molecule has 0 aromatic heterocycles. The zero-order valence-corrected chi connectivity index (χ0v) is 10.2. The van der Waals surface area contributed by atoms with Crippen LogP contribution in [-0.4, -0.2) is 20.0 Å². The molecule has 0 unspecified atom stereocenters. The van der Waals surface area contributed by atoms with E-state index in [2.05, 4.69) is 0 Å². The molecule has 1 aromatic carbocycles. The SMILES string of the molecule is CN(CC(F)F)c1ccc(CCl)cc1C(F)(F)F. The Bertz CT molecular complexity index is 405. The van der Waals surface area contributed by atoms with Gasteiger partial charge >= 0.3 is 6.18 Å². The summed E-state index contributed by atoms with van der Waals surface area (Å²) in [5, 5.41) is 0. The van der Waals surface area contributed by atoms with E-state index < -0.39 is 24.7 Å². The fourth-order valence-corrected chi connectivity index (χ4v) is 1.70. The molecule has 0 aliphatic heterocycles. The van der Waals surface area contributed by atoms with Crippen molar-refractivity contribution in [1.29, 1.82) is 0 Å². The summed E-state index contributed by atoms with van der Waals surface area (Å²) in [7, 11) is 1.19. The molecule has 0 bridgehead atoms. The minimum atomic E-state index is -4.60. The molecule has 0 atom stereocenters. The summed E-state index contributed by atoms with van der Waals surface area (Å²) in [6.07, 6.45) is -7.31. The van der Waals surface area contributed by atoms with E-state index in [0.717, 1.165) is 17.0 Å². The number of hydrogen-bond donors (Lipinski definition) is 0. The van der Waals surface area contributed by atoms with Crippen LogP contribution in [0.2, 0.25) is 0 Å². The first kappa shape index (κ1) is 15.0. The van der Waals surface area contributed by atoms with Gasteiger partial charge < -0.3 is 4.90 Å². The molecule has 1 aromatic rings. The lowest BCUT2D eigenvalue weighted by Gasteiger charge is -2.23. The number of rotatable bonds is 4. The molecule has 1 nitrogen and oxygen atoms in total. The number of alkyl halides is 6. The van der Waals surface area contributed by atoms with Gasteiger partial charge in [-0.1, -0.05) is 6.07 Å². The number of anilines is 1. The smallest absolute Gasteiger partial charge is 0.368 e. The largest absolute Gasteiger partial charge is 0.418 e. The van der Waals surface area contributed by atoms with Gasteiger partial charge in [-0.05, 0) is 17.7 Å². The van der Waals surface area contributed by atoms with Crippen molar-refractivity contribution in [3.63, 3.8) is 0 Å². The Labute approximate surface area is 106 Å². The van der Waals surface area contributed by atoms with Gasteiger partial charge in [0, 0.05) is 18.6 Å². The molecule has 0 heterocycles. The van der Waals surface area contributed by atoms with E-state index in [0.29, 0.717) is 0 Å². The summed E-state index contributed by atoms with van der Waals surface area (Å²) in [4.78, 5) is 0.880. The zero-order valence-electron chi connectivity index (χ0n) is 9.44. The second kappa shape index (κ2) is 5.73. The third-order valence-corrected chi connectivity index (χ3v) is 2.65. The van der Waals surface area contributed by atoms with Crippen LogP contribution in [0.4, 0.5) is 27.6 Å². The van der Waals surface area contributed by atoms with Crippen molar-refractivity contribution in [2.45, 2.75) is 18.5 Å². The minimum Gasteiger partial charge on any atom is -0.368 e. The van der Waals surface area contributed by atoms with Crippen molar-refractivity contribution in [3.05, 3.63) is 29.3 Å². The molecule has 0 N–H and O–H groups in total. The van der Waals surface area contributed by atoms with Crippen molar-refractivity contribution < 1.29 is 22.0 Å². The third-order valence-electron chi connectivity index (χ3n) is 2.34. The lowest BCUT2D eigenvalue weighted by Crippen LogP contribution is -2.26. The van der Waals surface area contributed by atoms with Gasteiger partial charge in [0.05, 0.1) is 12.1 Å². The van der Waals surface area contributed by atoms with Crippen LogP contribution >= 0.6 is 11.6 Å². The number of nitrogens with zero attached hydrogens (tertiary/aromatic N) is 1. The Kier molecular flexibility index (Phi) is 4.78. The predicted molar refractivity (Wildman–Crippen MR) is 60.3 cm³/mol. The van der Waals surface area contributed by atoms with Crippen LogP contribution in [0.15, 0.2) is 18.2 Å². The van der Waals surface area contributed by atoms with Crippen molar-refractivity contribution in [3.8, 4) is 0 Å². The quantitative estimate of drug-likeness (QED) is 0.594. The molecule has 102 valence electrons. The van der Waals surface area contributed by atoms with Gasteiger partial charge in [-0.3, -0.25) is 0 Å². The molecule has 18 heavy (non-hydrogen) atoms. The maximum Gasteiger partial charge on any atom is 0.418 e. The van der Waals surface area contributed by atoms with Crippen molar-refractivity contribution in [1.82, 2.24) is 0 Å². The predicted octanol–water partition coefficient (Wildman–Crippen LogP) is 4.15. The monoisotopic (exact) mass is 287 g/mol. The van der Waals surface area contributed by atoms with E-state index in [1.54, 1.807) is 0 Å². The molecule has 1 rings (SSSR count). The summed E-state index contributed by atoms with van der Waals surface area (Å²) >= 11 is 5.46. The normalized spacial score (nSPS) is 12.0. The van der Waals surface area contributed by atoms with Crippen LogP contribution in [0.1, 0.15) is 11.1 Å². The topological polar surface area (TPSA) is 3.24 Å². The molecule has 0 radical (unpaired) electrons. The molecule has 0 spiro atoms. The number of benzene rings is 1. The summed E-state index contributed by atoms with van der Waals surface area (Å²) in [6.45, 7) is -0.761. The number of halogens is 6. The summed E-state index contributed by atoms with van der Waals surface area (Å²) in [5.74, 6) is -0.0675. The first-order chi connectivity index (χ1) is 8.25. The van der Waals surface area contributed by atoms with Gasteiger partial charge in [0.1, 0.15) is 0 Å². The Balaban J connectivity index is 3.18. The van der Waals surface area contributed by atoms with E-state index in [-0.39, 0.29) is 17.1 Å². The Hall–Kier alpha value is -1.04. The highest BCUT2D eigenvalue weighted by molar-refractivity contribution is 6.17. The van der Waals surface area contributed by atoms with Crippen molar-refractivity contribution >= 4 is 17.3 Å². The fraction of sp³-hybridized carbons (Fsp3) is 0.455. The van der Waals surface area contributed by atoms with Crippen LogP contribution in [0.3, 0.4) is 0 Å². The van der Waals surface area contributed by atoms with E-state index in [9.17, 15) is 22.0 Å². The molecule has 0 saturated carbocycles. The van der Waals surface area contributed by atoms with E-state index in [1.165, 1.54) is 13.1 Å². The Morgan fingerprint density at radius 2 is 1.89 bits per heavy atom. The van der Waals surface area contributed by atoms with E-state index in [4.69, 9.17) is 11.6 Å². The first-order valence-corrected chi connectivity index (χ1v) is 5.54. The maximum absolute atomic E-state index is 12.8. The molecule has 0 aliphatic carbocycles. The average molecular weight is 288 g/mol. The molecule has 0 aliphatic rings. The van der Waals surface area contributed by atoms with Crippen molar-refractivity contribution in [2.24, 2.45) is 0 Å². The van der Waals surface area contributed by atoms with Gasteiger partial charge in [0.25, 0.3) is 6.43 Å². The second-order valence-electron chi connectivity index (χ2n) is 3.75. The van der Waals surface area contributed by atoms with Gasteiger partial charge in [0.15, 0.2) is 0 Å². The molecular weight excluding hydrogens is 277 g/mol. The van der Waals surface area contributed by atoms with Gasteiger partial charge in [-0.2, -0.15) is 13.2 Å². The zero-order chi connectivity index (χ0) is 13.9. The fourth-order valence-electron chi connectivity index (χ4n) is 1.53. The molecule has 0 amide bonds. The van der Waals surface area contributed by atoms with Gasteiger partial charge in [-0.25, -0.2) is 8.78 Å². The Morgan fingerprint density at radius 3 is 2.33 bits per heavy atom. The highest BCUT2D eigenvalue weighted by atomic mass is 35.5. The average Bonchev–Trinajstić information content (AvgIpc) is 2.26. The minimum absolute atomic E-state index is 0.0675. The van der Waals surface area contributed by atoms with Gasteiger partial charge in [-0.15, -0.1) is 11.6 Å². The molecule has 0 fully saturated rings. The Morgan fingerprint density at radius 1 is 1.28 bits per heavy atom. The first-order valence-electron chi connectivity index (χ1n) is 5.01. The summed E-state index contributed by atoms with van der Waals surface area (Å²) in [5.41, 5.74) is -0.946. The van der Waals surface area contributed by atoms with E-state index >= 15 is 0 Å². The lowest BCUT2D eigenvalue weighted by atomic mass is 10.1. The third kappa shape index (κ3) is 3.73.